The SMILES string of the molecule is Fc1ccccc1CC1(CNC2CC2)CC2CC2C1. The number of benzene rings is 1. The van der Waals surface area contributed by atoms with Crippen molar-refractivity contribution in [1.29, 1.82) is 0 Å². The molecule has 0 aromatic heterocycles. The van der Waals surface area contributed by atoms with Gasteiger partial charge in [0.25, 0.3) is 0 Å². The van der Waals surface area contributed by atoms with Gasteiger partial charge in [0.2, 0.25) is 0 Å². The molecule has 4 rings (SSSR count). The molecule has 0 amide bonds. The first-order valence-corrected chi connectivity index (χ1v) is 7.71. The quantitative estimate of drug-likeness (QED) is 0.853. The Balaban J connectivity index is 1.51. The molecule has 2 atom stereocenters. The summed E-state index contributed by atoms with van der Waals surface area (Å²) in [4.78, 5) is 0. The van der Waals surface area contributed by atoms with E-state index in [0.29, 0.717) is 5.41 Å². The second kappa shape index (κ2) is 4.31. The lowest BCUT2D eigenvalue weighted by Gasteiger charge is -2.32. The van der Waals surface area contributed by atoms with Crippen molar-refractivity contribution in [2.75, 3.05) is 6.54 Å². The van der Waals surface area contributed by atoms with Crippen LogP contribution in [0.15, 0.2) is 24.3 Å². The Morgan fingerprint density at radius 3 is 2.58 bits per heavy atom. The second-order valence-electron chi connectivity index (χ2n) is 7.09. The summed E-state index contributed by atoms with van der Waals surface area (Å²) in [7, 11) is 0. The lowest BCUT2D eigenvalue weighted by molar-refractivity contribution is 0.245. The van der Waals surface area contributed by atoms with Gasteiger partial charge < -0.3 is 5.32 Å². The number of rotatable bonds is 5. The van der Waals surface area contributed by atoms with Gasteiger partial charge in [0.15, 0.2) is 0 Å². The Morgan fingerprint density at radius 1 is 1.16 bits per heavy atom. The Hall–Kier alpha value is -0.890. The molecule has 0 saturated heterocycles. The first-order chi connectivity index (χ1) is 9.24. The Kier molecular flexibility index (Phi) is 2.70. The predicted molar refractivity (Wildman–Crippen MR) is 74.4 cm³/mol. The van der Waals surface area contributed by atoms with Gasteiger partial charge in [-0.15, -0.1) is 0 Å². The van der Waals surface area contributed by atoms with Gasteiger partial charge in [0, 0.05) is 12.6 Å². The second-order valence-corrected chi connectivity index (χ2v) is 7.09. The van der Waals surface area contributed by atoms with E-state index >= 15 is 0 Å². The summed E-state index contributed by atoms with van der Waals surface area (Å²) < 4.78 is 13.9. The van der Waals surface area contributed by atoms with Crippen LogP contribution in [0.3, 0.4) is 0 Å². The van der Waals surface area contributed by atoms with Crippen molar-refractivity contribution in [2.24, 2.45) is 17.3 Å². The largest absolute Gasteiger partial charge is 0.313 e. The van der Waals surface area contributed by atoms with Crippen molar-refractivity contribution in [3.63, 3.8) is 0 Å². The molecule has 1 aromatic carbocycles. The highest BCUT2D eigenvalue weighted by atomic mass is 19.1. The minimum Gasteiger partial charge on any atom is -0.313 e. The molecule has 2 unspecified atom stereocenters. The van der Waals surface area contributed by atoms with Gasteiger partial charge in [-0.2, -0.15) is 0 Å². The number of fused-ring (bicyclic) bond motifs is 1. The number of hydrogen-bond donors (Lipinski definition) is 1. The molecule has 0 radical (unpaired) electrons. The van der Waals surface area contributed by atoms with Gasteiger partial charge >= 0.3 is 0 Å². The van der Waals surface area contributed by atoms with E-state index in [2.05, 4.69) is 5.32 Å². The Labute approximate surface area is 114 Å². The maximum absolute atomic E-state index is 13.9. The van der Waals surface area contributed by atoms with E-state index in [1.807, 2.05) is 12.1 Å². The average Bonchev–Trinajstić information content (AvgIpc) is 3.31. The van der Waals surface area contributed by atoms with Crippen LogP contribution < -0.4 is 5.32 Å². The summed E-state index contributed by atoms with van der Waals surface area (Å²) in [6.45, 7) is 1.10. The van der Waals surface area contributed by atoms with Gasteiger partial charge in [-0.1, -0.05) is 18.2 Å². The maximum Gasteiger partial charge on any atom is 0.126 e. The molecule has 19 heavy (non-hydrogen) atoms. The summed E-state index contributed by atoms with van der Waals surface area (Å²) in [5, 5.41) is 3.70. The summed E-state index contributed by atoms with van der Waals surface area (Å²) in [6, 6.07) is 8.09. The first kappa shape index (κ1) is 11.9. The van der Waals surface area contributed by atoms with Crippen LogP contribution in [-0.4, -0.2) is 12.6 Å². The first-order valence-electron chi connectivity index (χ1n) is 7.71. The predicted octanol–water partition coefficient (Wildman–Crippen LogP) is 3.54. The van der Waals surface area contributed by atoms with Crippen LogP contribution in [0.25, 0.3) is 0 Å². The zero-order chi connectivity index (χ0) is 12.9. The van der Waals surface area contributed by atoms with Crippen molar-refractivity contribution in [3.05, 3.63) is 35.6 Å². The zero-order valence-electron chi connectivity index (χ0n) is 11.4. The van der Waals surface area contributed by atoms with Crippen LogP contribution in [0.4, 0.5) is 4.39 Å². The third kappa shape index (κ3) is 2.43. The smallest absolute Gasteiger partial charge is 0.126 e. The van der Waals surface area contributed by atoms with Crippen molar-refractivity contribution >= 4 is 0 Å². The molecule has 3 fully saturated rings. The lowest BCUT2D eigenvalue weighted by Crippen LogP contribution is -2.36. The highest BCUT2D eigenvalue weighted by Gasteiger charge is 2.53. The molecule has 3 saturated carbocycles. The van der Waals surface area contributed by atoms with E-state index in [4.69, 9.17) is 0 Å². The number of nitrogens with one attached hydrogen (secondary N) is 1. The molecular weight excluding hydrogens is 237 g/mol. The van der Waals surface area contributed by atoms with E-state index in [1.165, 1.54) is 32.1 Å². The highest BCUT2D eigenvalue weighted by molar-refractivity contribution is 5.21. The summed E-state index contributed by atoms with van der Waals surface area (Å²) in [6.07, 6.45) is 7.65. The molecule has 0 aliphatic heterocycles. The van der Waals surface area contributed by atoms with Crippen LogP contribution in [-0.2, 0) is 6.42 Å². The molecular formula is C17H22FN. The van der Waals surface area contributed by atoms with Crippen molar-refractivity contribution in [1.82, 2.24) is 5.32 Å². The Bertz CT molecular complexity index is 470. The van der Waals surface area contributed by atoms with E-state index in [9.17, 15) is 4.39 Å². The van der Waals surface area contributed by atoms with E-state index < -0.39 is 0 Å². The fourth-order valence-corrected chi connectivity index (χ4v) is 4.05. The van der Waals surface area contributed by atoms with Crippen LogP contribution >= 0.6 is 0 Å². The average molecular weight is 259 g/mol. The van der Waals surface area contributed by atoms with Gasteiger partial charge in [0.05, 0.1) is 0 Å². The van der Waals surface area contributed by atoms with E-state index in [1.54, 1.807) is 12.1 Å². The highest BCUT2D eigenvalue weighted by Crippen LogP contribution is 2.60. The lowest BCUT2D eigenvalue weighted by atomic mass is 9.77. The molecule has 1 N–H and O–H groups in total. The molecule has 0 bridgehead atoms. The minimum atomic E-state index is -0.0196. The molecule has 1 aromatic rings. The van der Waals surface area contributed by atoms with E-state index in [0.717, 1.165) is 36.4 Å². The van der Waals surface area contributed by atoms with Gasteiger partial charge in [-0.05, 0) is 67.4 Å². The van der Waals surface area contributed by atoms with Crippen LogP contribution in [0.5, 0.6) is 0 Å². The molecule has 1 nitrogen and oxygen atoms in total. The van der Waals surface area contributed by atoms with Crippen molar-refractivity contribution in [2.45, 2.75) is 44.6 Å². The maximum atomic E-state index is 13.9. The molecule has 3 aliphatic carbocycles. The fourth-order valence-electron chi connectivity index (χ4n) is 4.05. The van der Waals surface area contributed by atoms with Crippen LogP contribution in [0.1, 0.15) is 37.7 Å². The third-order valence-corrected chi connectivity index (χ3v) is 5.33. The van der Waals surface area contributed by atoms with Crippen LogP contribution in [0, 0.1) is 23.1 Å². The van der Waals surface area contributed by atoms with Crippen molar-refractivity contribution < 1.29 is 4.39 Å². The Morgan fingerprint density at radius 2 is 1.89 bits per heavy atom. The van der Waals surface area contributed by atoms with Crippen LogP contribution in [0.2, 0.25) is 0 Å². The van der Waals surface area contributed by atoms with Gasteiger partial charge in [-0.3, -0.25) is 0 Å². The minimum absolute atomic E-state index is 0.0196. The molecule has 0 heterocycles. The topological polar surface area (TPSA) is 12.0 Å². The standard InChI is InChI=1S/C17H22FN/c18-16-4-2-1-3-12(16)8-17(11-19-15-5-6-15)9-13-7-14(13)10-17/h1-4,13-15,19H,5-11H2. The number of hydrogen-bond acceptors (Lipinski definition) is 1. The monoisotopic (exact) mass is 259 g/mol. The summed E-state index contributed by atoms with van der Waals surface area (Å²) in [5.74, 6) is 1.88. The number of halogens is 1. The molecule has 2 heteroatoms. The molecule has 3 aliphatic rings. The molecule has 0 spiro atoms. The normalized spacial score (nSPS) is 36.3. The summed E-state index contributed by atoms with van der Waals surface area (Å²) >= 11 is 0. The zero-order valence-corrected chi connectivity index (χ0v) is 11.4. The van der Waals surface area contributed by atoms with Gasteiger partial charge in [0.1, 0.15) is 5.82 Å². The third-order valence-electron chi connectivity index (χ3n) is 5.33. The fraction of sp³-hybridized carbons (Fsp3) is 0.647. The van der Waals surface area contributed by atoms with Crippen molar-refractivity contribution in [3.8, 4) is 0 Å². The molecule has 102 valence electrons. The van der Waals surface area contributed by atoms with Gasteiger partial charge in [-0.25, -0.2) is 4.39 Å². The van der Waals surface area contributed by atoms with E-state index in [-0.39, 0.29) is 5.82 Å². The summed E-state index contributed by atoms with van der Waals surface area (Å²) in [5.41, 5.74) is 1.25.